The minimum Gasteiger partial charge on any atom is -0.345 e. The average Bonchev–Trinajstić information content (AvgIpc) is 3.34. The topological polar surface area (TPSA) is 74.5 Å². The largest absolute Gasteiger partial charge is 0.345 e. The van der Waals surface area contributed by atoms with Crippen molar-refractivity contribution in [2.75, 3.05) is 13.6 Å². The van der Waals surface area contributed by atoms with Gasteiger partial charge in [-0.2, -0.15) is 10.2 Å². The fourth-order valence-electron chi connectivity index (χ4n) is 3.29. The van der Waals surface area contributed by atoms with Crippen LogP contribution in [0.1, 0.15) is 22.9 Å². The molecule has 0 spiro atoms. The minimum absolute atomic E-state index is 0.227. The van der Waals surface area contributed by atoms with Crippen LogP contribution >= 0.6 is 0 Å². The summed E-state index contributed by atoms with van der Waals surface area (Å²) in [5, 5.41) is 11.1. The lowest BCUT2D eigenvalue weighted by molar-refractivity contribution is 0.379. The second kappa shape index (κ2) is 5.41. The molecule has 1 N–H and O–H groups in total. The van der Waals surface area contributed by atoms with Crippen LogP contribution in [-0.4, -0.2) is 49.4 Å². The molecule has 4 aromatic rings. The zero-order chi connectivity index (χ0) is 16.8. The van der Waals surface area contributed by atoms with Crippen molar-refractivity contribution < 1.29 is 0 Å². The summed E-state index contributed by atoms with van der Waals surface area (Å²) in [5.74, 6) is 0.227. The molecule has 1 aromatic carbocycles. The molecular weight excluding hydrogens is 314 g/mol. The Kier molecular flexibility index (Phi) is 3.06. The monoisotopic (exact) mass is 331 g/mol. The summed E-state index contributed by atoms with van der Waals surface area (Å²) in [4.78, 5) is 11.9. The summed E-state index contributed by atoms with van der Waals surface area (Å²) >= 11 is 0. The Balaban J connectivity index is 1.51. The minimum atomic E-state index is 0.227. The van der Waals surface area contributed by atoms with Crippen molar-refractivity contribution in [2.45, 2.75) is 12.3 Å². The molecule has 3 aromatic heterocycles. The number of fused-ring (bicyclic) bond motifs is 2. The number of aromatic amines is 1. The number of likely N-dealkylation sites (N-methyl/N-ethyl adjacent to an activating group) is 1. The molecule has 0 saturated heterocycles. The number of rotatable bonds is 3. The first-order valence-electron chi connectivity index (χ1n) is 8.27. The molecule has 124 valence electrons. The summed E-state index contributed by atoms with van der Waals surface area (Å²) in [6.07, 6.45) is 6.34. The number of H-pyrrole nitrogens is 1. The van der Waals surface area contributed by atoms with E-state index in [1.807, 2.05) is 41.1 Å². The predicted octanol–water partition coefficient (Wildman–Crippen LogP) is 2.21. The number of benzene rings is 1. The first-order chi connectivity index (χ1) is 12.3. The molecule has 4 heterocycles. The third-order valence-electron chi connectivity index (χ3n) is 4.61. The molecule has 0 amide bonds. The molecule has 1 unspecified atom stereocenters. The standard InChI is InChI=1S/C18H17N7/c1-24-10-13(8-22-24)15-4-5-18-19-9-14(25(18)23-15)6-12-2-3-16-17(7-12)21-11-20-16/h2-5,7-9,11,13H,6,10H2,1H3,(H,20,21). The Hall–Kier alpha value is -3.22. The van der Waals surface area contributed by atoms with Crippen molar-refractivity contribution in [1.82, 2.24) is 29.6 Å². The molecule has 5 rings (SSSR count). The van der Waals surface area contributed by atoms with Crippen molar-refractivity contribution in [3.05, 3.63) is 59.8 Å². The Morgan fingerprint density at radius 3 is 3.04 bits per heavy atom. The van der Waals surface area contributed by atoms with Gasteiger partial charge in [-0.05, 0) is 29.8 Å². The SMILES string of the molecule is CN1CC(c2ccc3ncc(Cc4ccc5[nH]cnc5c4)n3n2)C=N1. The number of aromatic nitrogens is 5. The third-order valence-corrected chi connectivity index (χ3v) is 4.61. The van der Waals surface area contributed by atoms with Crippen LogP contribution in [0.3, 0.4) is 0 Å². The molecule has 25 heavy (non-hydrogen) atoms. The summed E-state index contributed by atoms with van der Waals surface area (Å²) in [5.41, 5.74) is 6.16. The van der Waals surface area contributed by atoms with Crippen molar-refractivity contribution in [3.8, 4) is 0 Å². The summed E-state index contributed by atoms with van der Waals surface area (Å²) < 4.78 is 1.94. The number of nitrogens with zero attached hydrogens (tertiary/aromatic N) is 6. The van der Waals surface area contributed by atoms with E-state index < -0.39 is 0 Å². The van der Waals surface area contributed by atoms with Crippen LogP contribution < -0.4 is 0 Å². The van der Waals surface area contributed by atoms with Crippen molar-refractivity contribution in [3.63, 3.8) is 0 Å². The number of hydrogen-bond donors (Lipinski definition) is 1. The average molecular weight is 331 g/mol. The van der Waals surface area contributed by atoms with Gasteiger partial charge in [0, 0.05) is 26.2 Å². The molecule has 1 atom stereocenters. The van der Waals surface area contributed by atoms with Crippen molar-refractivity contribution in [2.24, 2.45) is 5.10 Å². The highest BCUT2D eigenvalue weighted by Gasteiger charge is 2.19. The van der Waals surface area contributed by atoms with E-state index >= 15 is 0 Å². The Morgan fingerprint density at radius 1 is 1.20 bits per heavy atom. The van der Waals surface area contributed by atoms with Crippen molar-refractivity contribution >= 4 is 22.9 Å². The highest BCUT2D eigenvalue weighted by atomic mass is 15.4. The van der Waals surface area contributed by atoms with Gasteiger partial charge in [0.1, 0.15) is 0 Å². The quantitative estimate of drug-likeness (QED) is 0.624. The van der Waals surface area contributed by atoms with Gasteiger partial charge in [-0.25, -0.2) is 14.5 Å². The maximum Gasteiger partial charge on any atom is 0.153 e. The van der Waals surface area contributed by atoms with Gasteiger partial charge < -0.3 is 4.98 Å². The normalized spacial score (nSPS) is 17.2. The molecule has 0 fully saturated rings. The highest BCUT2D eigenvalue weighted by molar-refractivity contribution is 5.75. The second-order valence-corrected chi connectivity index (χ2v) is 6.42. The fourth-order valence-corrected chi connectivity index (χ4v) is 3.29. The number of hydrogen-bond acceptors (Lipinski definition) is 5. The van der Waals surface area contributed by atoms with Crippen LogP contribution in [0.15, 0.2) is 48.0 Å². The first kappa shape index (κ1) is 14.2. The molecule has 0 aliphatic carbocycles. The van der Waals surface area contributed by atoms with E-state index in [4.69, 9.17) is 5.10 Å². The Bertz CT molecular complexity index is 1090. The number of imidazole rings is 2. The van der Waals surface area contributed by atoms with Crippen LogP contribution in [0.4, 0.5) is 0 Å². The van der Waals surface area contributed by atoms with E-state index in [1.165, 1.54) is 5.56 Å². The van der Waals surface area contributed by atoms with Crippen LogP contribution in [0.5, 0.6) is 0 Å². The lowest BCUT2D eigenvalue weighted by atomic mass is 10.1. The van der Waals surface area contributed by atoms with Gasteiger partial charge in [-0.3, -0.25) is 5.01 Å². The van der Waals surface area contributed by atoms with Gasteiger partial charge in [0.15, 0.2) is 5.65 Å². The highest BCUT2D eigenvalue weighted by Crippen LogP contribution is 2.20. The van der Waals surface area contributed by atoms with E-state index in [0.29, 0.717) is 0 Å². The van der Waals surface area contributed by atoms with Crippen LogP contribution in [0, 0.1) is 0 Å². The molecule has 7 heteroatoms. The molecule has 1 aliphatic rings. The van der Waals surface area contributed by atoms with Gasteiger partial charge in [0.2, 0.25) is 0 Å². The van der Waals surface area contributed by atoms with Gasteiger partial charge in [0.25, 0.3) is 0 Å². The fraction of sp³-hybridized carbons (Fsp3) is 0.222. The lowest BCUT2D eigenvalue weighted by Gasteiger charge is -2.10. The van der Waals surface area contributed by atoms with Gasteiger partial charge in [0.05, 0.1) is 40.9 Å². The van der Waals surface area contributed by atoms with Crippen LogP contribution in [0.2, 0.25) is 0 Å². The second-order valence-electron chi connectivity index (χ2n) is 6.42. The molecule has 7 nitrogen and oxygen atoms in total. The lowest BCUT2D eigenvalue weighted by Crippen LogP contribution is -2.14. The maximum atomic E-state index is 4.81. The summed E-state index contributed by atoms with van der Waals surface area (Å²) in [6, 6.07) is 10.3. The van der Waals surface area contributed by atoms with Crippen LogP contribution in [-0.2, 0) is 6.42 Å². The molecular formula is C18H17N7. The predicted molar refractivity (Wildman–Crippen MR) is 95.7 cm³/mol. The smallest absolute Gasteiger partial charge is 0.153 e. The molecule has 0 saturated carbocycles. The Labute approximate surface area is 144 Å². The third kappa shape index (κ3) is 2.44. The number of nitrogens with one attached hydrogen (secondary N) is 1. The van der Waals surface area contributed by atoms with E-state index in [0.717, 1.165) is 41.0 Å². The van der Waals surface area contributed by atoms with E-state index in [1.54, 1.807) is 6.33 Å². The zero-order valence-corrected chi connectivity index (χ0v) is 13.8. The maximum absolute atomic E-state index is 4.81. The van der Waals surface area contributed by atoms with E-state index in [2.05, 4.69) is 38.3 Å². The Morgan fingerprint density at radius 2 is 2.16 bits per heavy atom. The molecule has 0 radical (unpaired) electrons. The summed E-state index contributed by atoms with van der Waals surface area (Å²) in [7, 11) is 1.98. The molecule has 1 aliphatic heterocycles. The zero-order valence-electron chi connectivity index (χ0n) is 13.8. The molecule has 0 bridgehead atoms. The van der Waals surface area contributed by atoms with Crippen molar-refractivity contribution in [1.29, 1.82) is 0 Å². The number of hydrazone groups is 1. The first-order valence-corrected chi connectivity index (χ1v) is 8.27. The van der Waals surface area contributed by atoms with E-state index in [-0.39, 0.29) is 5.92 Å². The summed E-state index contributed by atoms with van der Waals surface area (Å²) in [6.45, 7) is 0.859. The van der Waals surface area contributed by atoms with Crippen LogP contribution in [0.25, 0.3) is 16.7 Å². The van der Waals surface area contributed by atoms with Gasteiger partial charge in [-0.15, -0.1) is 0 Å². The van der Waals surface area contributed by atoms with Gasteiger partial charge >= 0.3 is 0 Å². The van der Waals surface area contributed by atoms with Gasteiger partial charge in [-0.1, -0.05) is 6.07 Å². The van der Waals surface area contributed by atoms with E-state index in [9.17, 15) is 0 Å².